The molecule has 20 heavy (non-hydrogen) atoms. The van der Waals surface area contributed by atoms with Crippen molar-refractivity contribution in [3.63, 3.8) is 0 Å². The van der Waals surface area contributed by atoms with Crippen LogP contribution in [-0.4, -0.2) is 28.6 Å². The summed E-state index contributed by atoms with van der Waals surface area (Å²) in [6, 6.07) is 4.75. The molecule has 0 saturated carbocycles. The number of carboxylic acid groups (broad SMARTS) is 1. The van der Waals surface area contributed by atoms with Crippen molar-refractivity contribution in [3.8, 4) is 5.75 Å². The minimum Gasteiger partial charge on any atom is -0.506 e. The molecule has 7 nitrogen and oxygen atoms in total. The van der Waals surface area contributed by atoms with E-state index in [-0.39, 0.29) is 11.0 Å². The van der Waals surface area contributed by atoms with Crippen LogP contribution in [-0.2, 0) is 4.79 Å². The Balaban J connectivity index is 2.56. The maximum atomic E-state index is 11.7. The van der Waals surface area contributed by atoms with Gasteiger partial charge in [0.05, 0.1) is 5.39 Å². The first kappa shape index (κ1) is 13.6. The first-order valence-corrected chi connectivity index (χ1v) is 5.66. The molecule has 1 amide bonds. The highest BCUT2D eigenvalue weighted by atomic mass is 16.4. The van der Waals surface area contributed by atoms with E-state index in [2.05, 4.69) is 0 Å². The van der Waals surface area contributed by atoms with Crippen LogP contribution in [0.3, 0.4) is 0 Å². The Morgan fingerprint density at radius 3 is 2.70 bits per heavy atom. The van der Waals surface area contributed by atoms with Crippen molar-refractivity contribution < 1.29 is 24.2 Å². The maximum Gasteiger partial charge on any atom is 0.353 e. The number of carbonyl (C=O) groups is 2. The third-order valence-electron chi connectivity index (χ3n) is 2.66. The SMILES string of the molecule is Cc1ccc2oc(=O)c(C(=O)NCC(=O)O)c(O)c2c1. The number of nitrogens with one attached hydrogen (secondary N) is 1. The van der Waals surface area contributed by atoms with Gasteiger partial charge in [-0.05, 0) is 19.1 Å². The third-order valence-corrected chi connectivity index (χ3v) is 2.66. The molecule has 2 aromatic rings. The summed E-state index contributed by atoms with van der Waals surface area (Å²) in [5, 5.41) is 20.7. The Bertz CT molecular complexity index is 761. The van der Waals surface area contributed by atoms with Gasteiger partial charge in [-0.15, -0.1) is 0 Å². The minimum atomic E-state index is -1.26. The molecule has 2 rings (SSSR count). The molecular formula is C13H11NO6. The number of hydrogen-bond acceptors (Lipinski definition) is 5. The molecular weight excluding hydrogens is 266 g/mol. The minimum absolute atomic E-state index is 0.146. The van der Waals surface area contributed by atoms with Crippen molar-refractivity contribution in [1.82, 2.24) is 5.32 Å². The van der Waals surface area contributed by atoms with Gasteiger partial charge in [-0.25, -0.2) is 4.79 Å². The van der Waals surface area contributed by atoms with E-state index in [9.17, 15) is 19.5 Å². The smallest absolute Gasteiger partial charge is 0.353 e. The lowest BCUT2D eigenvalue weighted by Gasteiger charge is -2.06. The topological polar surface area (TPSA) is 117 Å². The zero-order valence-electron chi connectivity index (χ0n) is 10.5. The first-order valence-electron chi connectivity index (χ1n) is 5.66. The molecule has 0 unspecified atom stereocenters. The molecule has 0 aliphatic heterocycles. The molecule has 0 atom stereocenters. The van der Waals surface area contributed by atoms with E-state index in [0.717, 1.165) is 5.56 Å². The molecule has 0 spiro atoms. The number of carbonyl (C=O) groups excluding carboxylic acids is 1. The summed E-state index contributed by atoms with van der Waals surface area (Å²) in [5.41, 5.74) is -0.683. The predicted molar refractivity (Wildman–Crippen MR) is 68.9 cm³/mol. The number of rotatable bonds is 3. The fourth-order valence-corrected chi connectivity index (χ4v) is 1.74. The van der Waals surface area contributed by atoms with Crippen LogP contribution in [0.15, 0.2) is 27.4 Å². The van der Waals surface area contributed by atoms with Gasteiger partial charge in [-0.1, -0.05) is 11.6 Å². The van der Waals surface area contributed by atoms with Crippen LogP contribution in [0.25, 0.3) is 11.0 Å². The molecule has 0 radical (unpaired) electrons. The average molecular weight is 277 g/mol. The van der Waals surface area contributed by atoms with Crippen LogP contribution in [0.4, 0.5) is 0 Å². The van der Waals surface area contributed by atoms with Gasteiger partial charge >= 0.3 is 11.6 Å². The van der Waals surface area contributed by atoms with Crippen molar-refractivity contribution in [2.45, 2.75) is 6.92 Å². The molecule has 104 valence electrons. The average Bonchev–Trinajstić information content (AvgIpc) is 2.37. The maximum absolute atomic E-state index is 11.7. The van der Waals surface area contributed by atoms with Gasteiger partial charge in [0.2, 0.25) is 0 Å². The number of amides is 1. The van der Waals surface area contributed by atoms with Crippen LogP contribution in [0.5, 0.6) is 5.75 Å². The number of aliphatic carboxylic acids is 1. The van der Waals surface area contributed by atoms with Gasteiger partial charge in [-0.2, -0.15) is 0 Å². The van der Waals surface area contributed by atoms with Gasteiger partial charge in [-0.3, -0.25) is 9.59 Å². The molecule has 0 aliphatic rings. The predicted octanol–water partition coefficient (Wildman–Crippen LogP) is 0.621. The summed E-state index contributed by atoms with van der Waals surface area (Å²) in [7, 11) is 0. The Kier molecular flexibility index (Phi) is 3.43. The van der Waals surface area contributed by atoms with Crippen molar-refractivity contribution in [1.29, 1.82) is 0 Å². The van der Waals surface area contributed by atoms with Crippen LogP contribution in [0, 0.1) is 6.92 Å². The Morgan fingerprint density at radius 1 is 1.35 bits per heavy atom. The zero-order valence-corrected chi connectivity index (χ0v) is 10.5. The number of fused-ring (bicyclic) bond motifs is 1. The molecule has 3 N–H and O–H groups in total. The van der Waals surface area contributed by atoms with Gasteiger partial charge in [0.1, 0.15) is 17.9 Å². The normalized spacial score (nSPS) is 10.4. The fourth-order valence-electron chi connectivity index (χ4n) is 1.74. The van der Waals surface area contributed by atoms with Gasteiger partial charge in [0, 0.05) is 0 Å². The van der Waals surface area contributed by atoms with Crippen molar-refractivity contribution in [2.24, 2.45) is 0 Å². The van der Waals surface area contributed by atoms with E-state index < -0.39 is 35.4 Å². The lowest BCUT2D eigenvalue weighted by Crippen LogP contribution is -2.32. The van der Waals surface area contributed by atoms with E-state index in [4.69, 9.17) is 9.52 Å². The summed E-state index contributed by atoms with van der Waals surface area (Å²) in [6.07, 6.45) is 0. The monoisotopic (exact) mass is 277 g/mol. The summed E-state index contributed by atoms with van der Waals surface area (Å²) < 4.78 is 4.93. The quantitative estimate of drug-likeness (QED) is 0.708. The molecule has 1 heterocycles. The van der Waals surface area contributed by atoms with E-state index in [1.165, 1.54) is 6.07 Å². The largest absolute Gasteiger partial charge is 0.506 e. The van der Waals surface area contributed by atoms with Crippen molar-refractivity contribution in [3.05, 3.63) is 39.7 Å². The number of aromatic hydroxyl groups is 1. The van der Waals surface area contributed by atoms with E-state index in [1.54, 1.807) is 19.1 Å². The number of hydrogen-bond donors (Lipinski definition) is 3. The highest BCUT2D eigenvalue weighted by Gasteiger charge is 2.21. The standard InChI is InChI=1S/C13H11NO6/c1-6-2-3-8-7(4-6)11(17)10(13(19)20-8)12(18)14-5-9(15)16/h2-4,17H,5H2,1H3,(H,14,18)(H,15,16). The molecule has 0 bridgehead atoms. The Morgan fingerprint density at radius 2 is 2.05 bits per heavy atom. The summed E-state index contributed by atoms with van der Waals surface area (Å²) in [6.45, 7) is 1.11. The van der Waals surface area contributed by atoms with Gasteiger partial charge in [0.15, 0.2) is 5.56 Å². The lowest BCUT2D eigenvalue weighted by atomic mass is 10.1. The van der Waals surface area contributed by atoms with Crippen molar-refractivity contribution in [2.75, 3.05) is 6.54 Å². The fraction of sp³-hybridized carbons (Fsp3) is 0.154. The summed E-state index contributed by atoms with van der Waals surface area (Å²) >= 11 is 0. The van der Waals surface area contributed by atoms with E-state index in [0.29, 0.717) is 0 Å². The summed E-state index contributed by atoms with van der Waals surface area (Å²) in [4.78, 5) is 33.8. The first-order chi connectivity index (χ1) is 9.40. The van der Waals surface area contributed by atoms with Crippen LogP contribution >= 0.6 is 0 Å². The molecule has 0 aliphatic carbocycles. The number of benzene rings is 1. The second kappa shape index (κ2) is 5.04. The van der Waals surface area contributed by atoms with E-state index >= 15 is 0 Å². The zero-order chi connectivity index (χ0) is 14.9. The molecule has 1 aromatic carbocycles. The van der Waals surface area contributed by atoms with Crippen LogP contribution < -0.4 is 10.9 Å². The molecule has 0 fully saturated rings. The highest BCUT2D eigenvalue weighted by molar-refractivity contribution is 6.02. The molecule has 7 heteroatoms. The number of aryl methyl sites for hydroxylation is 1. The lowest BCUT2D eigenvalue weighted by molar-refractivity contribution is -0.135. The Hall–Kier alpha value is -2.83. The molecule has 0 saturated heterocycles. The van der Waals surface area contributed by atoms with Gasteiger partial charge in [0.25, 0.3) is 5.91 Å². The Labute approximate surface area is 112 Å². The second-order valence-electron chi connectivity index (χ2n) is 4.19. The van der Waals surface area contributed by atoms with Crippen LogP contribution in [0.1, 0.15) is 15.9 Å². The van der Waals surface area contributed by atoms with Crippen molar-refractivity contribution >= 4 is 22.8 Å². The van der Waals surface area contributed by atoms with Gasteiger partial charge < -0.3 is 19.9 Å². The number of carboxylic acids is 1. The third kappa shape index (κ3) is 2.46. The summed E-state index contributed by atoms with van der Waals surface area (Å²) in [5.74, 6) is -2.79. The molecule has 1 aromatic heterocycles. The van der Waals surface area contributed by atoms with Crippen LogP contribution in [0.2, 0.25) is 0 Å². The highest BCUT2D eigenvalue weighted by Crippen LogP contribution is 2.26. The second-order valence-corrected chi connectivity index (χ2v) is 4.19. The van der Waals surface area contributed by atoms with E-state index in [1.807, 2.05) is 5.32 Å².